The maximum atomic E-state index is 14.1. The normalized spacial score (nSPS) is 35.7. The Kier molecular flexibility index (Phi) is 8.22. The van der Waals surface area contributed by atoms with Crippen LogP contribution < -0.4 is 21.1 Å². The van der Waals surface area contributed by atoms with Crippen molar-refractivity contribution in [2.24, 2.45) is 5.41 Å². The summed E-state index contributed by atoms with van der Waals surface area (Å²) >= 11 is 6.23. The molecule has 238 valence electrons. The smallest absolute Gasteiger partial charge is 0.402 e. The minimum Gasteiger partial charge on any atom is -0.402 e. The molecule has 18 heteroatoms. The molecule has 1 aromatic carbocycles. The van der Waals surface area contributed by atoms with Crippen molar-refractivity contribution in [3.05, 3.63) is 61.9 Å². The van der Waals surface area contributed by atoms with Gasteiger partial charge in [-0.15, -0.1) is 0 Å². The Morgan fingerprint density at radius 2 is 1.91 bits per heavy atom. The number of nitrogens with one attached hydrogen (secondary N) is 2. The van der Waals surface area contributed by atoms with Gasteiger partial charge in [0.05, 0.1) is 29.8 Å². The summed E-state index contributed by atoms with van der Waals surface area (Å²) in [5.41, 5.74) is -2.86. The molecule has 2 aromatic rings. The highest BCUT2D eigenvalue weighted by molar-refractivity contribution is 7.49. The minimum absolute atomic E-state index is 0.0396. The average Bonchev–Trinajstić information content (AvgIpc) is 3.54. The minimum atomic E-state index is -4.62. The van der Waals surface area contributed by atoms with Crippen molar-refractivity contribution in [2.75, 3.05) is 19.8 Å². The lowest BCUT2D eigenvalue weighted by atomic mass is 9.81. The third-order valence-corrected chi connectivity index (χ3v) is 9.83. The summed E-state index contributed by atoms with van der Waals surface area (Å²) in [4.78, 5) is 55.1. The number of ether oxygens (including phenoxy) is 2. The van der Waals surface area contributed by atoms with E-state index in [-0.39, 0.29) is 42.1 Å². The number of nitrogens with zero attached hydrogens (tertiary/aromatic N) is 2. The molecule has 0 spiro atoms. The summed E-state index contributed by atoms with van der Waals surface area (Å²) in [7, 11) is -4.62. The van der Waals surface area contributed by atoms with Crippen molar-refractivity contribution in [1.82, 2.24) is 19.8 Å². The van der Waals surface area contributed by atoms with Crippen molar-refractivity contribution < 1.29 is 47.4 Å². The number of aromatic amines is 1. The van der Waals surface area contributed by atoms with Crippen LogP contribution in [0.15, 0.2) is 40.1 Å². The van der Waals surface area contributed by atoms with Crippen LogP contribution in [0.25, 0.3) is 0 Å². The van der Waals surface area contributed by atoms with Gasteiger partial charge in [0, 0.05) is 31.1 Å². The standard InChI is InChI=1S/C26H30ClN4O12P/c1-26-8-13-9-30(24(36)28-22(13)34)20-6-15(33)19(41-20)11-39-44(38,42-16-5-3-2-4-14(16)27)43-17-7-21(40-18(17)10-32)31(12-26)25(37)29-23(26)35/h2-5,9,15,17-21,32-33H,6-8,10-12H2,1H3,(H,28,34,36)(H,29,35,37)/t15-,17-,18+,19+,20+,21+,26-,44?/m0/s1. The van der Waals surface area contributed by atoms with Gasteiger partial charge in [-0.2, -0.15) is 0 Å². The fraction of sp³-hybridized carbons (Fsp3) is 0.538. The number of carbonyl (C=O) groups excluding carboxylic acids is 2. The fourth-order valence-electron chi connectivity index (χ4n) is 5.75. The van der Waals surface area contributed by atoms with Crippen LogP contribution in [0.2, 0.25) is 5.02 Å². The van der Waals surface area contributed by atoms with Crippen molar-refractivity contribution in [2.45, 2.75) is 63.1 Å². The van der Waals surface area contributed by atoms with Crippen molar-refractivity contribution >= 4 is 31.4 Å². The largest absolute Gasteiger partial charge is 0.530 e. The highest BCUT2D eigenvalue weighted by Gasteiger charge is 2.51. The molecule has 5 heterocycles. The summed E-state index contributed by atoms with van der Waals surface area (Å²) in [5.74, 6) is -0.695. The second kappa shape index (κ2) is 11.7. The number of aliphatic hydroxyl groups is 2. The number of aliphatic hydroxyl groups excluding tert-OH is 2. The molecule has 1 unspecified atom stereocenters. The van der Waals surface area contributed by atoms with Gasteiger partial charge < -0.3 is 24.2 Å². The van der Waals surface area contributed by atoms with E-state index < -0.39 is 86.5 Å². The number of amides is 3. The van der Waals surface area contributed by atoms with E-state index in [2.05, 4.69) is 10.3 Å². The van der Waals surface area contributed by atoms with Crippen LogP contribution >= 0.6 is 19.4 Å². The van der Waals surface area contributed by atoms with E-state index in [0.29, 0.717) is 0 Å². The first-order valence-corrected chi connectivity index (χ1v) is 15.7. The van der Waals surface area contributed by atoms with Crippen LogP contribution in [0, 0.1) is 5.41 Å². The summed E-state index contributed by atoms with van der Waals surface area (Å²) in [5, 5.41) is 23.2. The molecule has 4 N–H and O–H groups in total. The van der Waals surface area contributed by atoms with Crippen LogP contribution in [-0.4, -0.2) is 87.0 Å². The first kappa shape index (κ1) is 30.9. The molecule has 3 amide bonds. The van der Waals surface area contributed by atoms with Gasteiger partial charge in [0.15, 0.2) is 0 Å². The molecule has 8 bridgehead atoms. The predicted molar refractivity (Wildman–Crippen MR) is 149 cm³/mol. The topological polar surface area (TPSA) is 208 Å². The number of carbonyl (C=O) groups is 2. The number of phosphoric acid groups is 1. The highest BCUT2D eigenvalue weighted by Crippen LogP contribution is 2.54. The molecule has 8 atom stereocenters. The maximum absolute atomic E-state index is 14.1. The number of hydrogen-bond acceptors (Lipinski definition) is 12. The van der Waals surface area contributed by atoms with Gasteiger partial charge in [-0.1, -0.05) is 23.7 Å². The van der Waals surface area contributed by atoms with Gasteiger partial charge in [0.1, 0.15) is 36.5 Å². The Morgan fingerprint density at radius 3 is 2.66 bits per heavy atom. The Labute approximate surface area is 254 Å². The summed E-state index contributed by atoms with van der Waals surface area (Å²) < 4.78 is 44.2. The first-order chi connectivity index (χ1) is 20.9. The number of halogens is 1. The summed E-state index contributed by atoms with van der Waals surface area (Å²) in [6.45, 7) is 0.216. The van der Waals surface area contributed by atoms with E-state index >= 15 is 0 Å². The zero-order chi connectivity index (χ0) is 31.4. The van der Waals surface area contributed by atoms with Crippen molar-refractivity contribution in [3.8, 4) is 5.75 Å². The third-order valence-electron chi connectivity index (χ3n) is 8.10. The molecule has 3 saturated heterocycles. The molecular weight excluding hydrogens is 627 g/mol. The molecule has 6 rings (SSSR count). The molecule has 4 aliphatic heterocycles. The number of hydrogen-bond donors (Lipinski definition) is 4. The Balaban J connectivity index is 1.41. The number of aromatic nitrogens is 2. The lowest BCUT2D eigenvalue weighted by Crippen LogP contribution is -2.62. The predicted octanol–water partition coefficient (Wildman–Crippen LogP) is 0.649. The van der Waals surface area contributed by atoms with Crippen LogP contribution in [0.3, 0.4) is 0 Å². The van der Waals surface area contributed by atoms with Gasteiger partial charge in [0.25, 0.3) is 5.56 Å². The van der Waals surface area contributed by atoms with Crippen LogP contribution in [0.5, 0.6) is 5.75 Å². The number of H-pyrrole nitrogens is 1. The quantitative estimate of drug-likeness (QED) is 0.336. The zero-order valence-corrected chi connectivity index (χ0v) is 24.9. The molecule has 0 saturated carbocycles. The third kappa shape index (κ3) is 5.84. The Morgan fingerprint density at radius 1 is 1.14 bits per heavy atom. The zero-order valence-electron chi connectivity index (χ0n) is 23.3. The number of phosphoric ester groups is 1. The molecule has 16 nitrogen and oxygen atoms in total. The fourth-order valence-corrected chi connectivity index (χ4v) is 7.41. The van der Waals surface area contributed by atoms with E-state index in [1.54, 1.807) is 19.1 Å². The molecule has 44 heavy (non-hydrogen) atoms. The lowest BCUT2D eigenvalue weighted by Gasteiger charge is -2.41. The number of imide groups is 1. The monoisotopic (exact) mass is 656 g/mol. The highest BCUT2D eigenvalue weighted by atomic mass is 35.5. The van der Waals surface area contributed by atoms with Crippen LogP contribution in [-0.2, 0) is 34.3 Å². The Bertz CT molecular complexity index is 1630. The number of para-hydroxylation sites is 1. The maximum Gasteiger partial charge on any atom is 0.530 e. The van der Waals surface area contributed by atoms with Crippen molar-refractivity contribution in [3.63, 3.8) is 0 Å². The van der Waals surface area contributed by atoms with Crippen molar-refractivity contribution in [1.29, 1.82) is 0 Å². The number of rotatable bonds is 3. The molecule has 4 aliphatic rings. The van der Waals surface area contributed by atoms with Gasteiger partial charge >= 0.3 is 19.5 Å². The van der Waals surface area contributed by atoms with Crippen LogP contribution in [0.1, 0.15) is 31.6 Å². The molecule has 0 radical (unpaired) electrons. The number of fused-ring (bicyclic) bond motifs is 10. The van der Waals surface area contributed by atoms with Gasteiger partial charge in [-0.25, -0.2) is 14.2 Å². The molecule has 3 fully saturated rings. The van der Waals surface area contributed by atoms with E-state index in [4.69, 9.17) is 34.6 Å². The van der Waals surface area contributed by atoms with Gasteiger partial charge in [0.2, 0.25) is 5.91 Å². The SMILES string of the molecule is C[C@]12Cc3cn(c(=O)[nH]c3=O)[C@H]3C[C@H](O)[C@@H](COP(=O)(Oc4ccccc4Cl)O[C@H]4C[C@@H](O[C@@H]4CO)N(C1)C(=O)NC2=O)O3. The molecule has 0 aliphatic carbocycles. The first-order valence-electron chi connectivity index (χ1n) is 13.8. The van der Waals surface area contributed by atoms with Gasteiger partial charge in [-0.05, 0) is 25.5 Å². The Hall–Kier alpha value is -3.08. The van der Waals surface area contributed by atoms with Crippen LogP contribution in [0.4, 0.5) is 4.79 Å². The van der Waals surface area contributed by atoms with E-state index in [0.717, 1.165) is 4.57 Å². The summed E-state index contributed by atoms with van der Waals surface area (Å²) in [6, 6.07) is 5.35. The molecular formula is C26H30ClN4O12P. The summed E-state index contributed by atoms with van der Waals surface area (Å²) in [6.07, 6.45) is -5.79. The average molecular weight is 657 g/mol. The van der Waals surface area contributed by atoms with E-state index in [9.17, 15) is 34.0 Å². The molecule has 1 aromatic heterocycles. The second-order valence-corrected chi connectivity index (χ2v) is 13.3. The lowest BCUT2D eigenvalue weighted by molar-refractivity contribution is -0.136. The number of urea groups is 1. The van der Waals surface area contributed by atoms with Gasteiger partial charge in [-0.3, -0.25) is 38.4 Å². The second-order valence-electron chi connectivity index (χ2n) is 11.3. The number of benzene rings is 1. The van der Waals surface area contributed by atoms with E-state index in [1.165, 1.54) is 23.2 Å². The van der Waals surface area contributed by atoms with E-state index in [1.807, 2.05) is 0 Å².